The molecule has 2 N–H and O–H groups in total. The van der Waals surface area contributed by atoms with E-state index in [4.69, 9.17) is 5.73 Å². The molecule has 1 aromatic heterocycles. The lowest BCUT2D eigenvalue weighted by Crippen LogP contribution is -2.15. The first-order valence-corrected chi connectivity index (χ1v) is 7.45. The van der Waals surface area contributed by atoms with Gasteiger partial charge in [-0.25, -0.2) is 13.1 Å². The molecule has 0 aromatic carbocycles. The minimum Gasteiger partial charge on any atom is -0.384 e. The average molecular weight is 241 g/mol. The van der Waals surface area contributed by atoms with Gasteiger partial charge in [-0.2, -0.15) is 5.10 Å². The highest BCUT2D eigenvalue weighted by Crippen LogP contribution is 2.32. The van der Waals surface area contributed by atoms with Crippen LogP contribution in [0.25, 0.3) is 0 Å². The van der Waals surface area contributed by atoms with Gasteiger partial charge in [0.1, 0.15) is 5.82 Å². The second-order valence-electron chi connectivity index (χ2n) is 4.67. The smallest absolute Gasteiger partial charge is 0.152 e. The number of hydrogen-bond acceptors (Lipinski definition) is 4. The van der Waals surface area contributed by atoms with Crippen LogP contribution in [0.15, 0.2) is 0 Å². The van der Waals surface area contributed by atoms with E-state index < -0.39 is 9.84 Å². The summed E-state index contributed by atoms with van der Waals surface area (Å²) in [5, 5.41) is 4.47. The Morgan fingerprint density at radius 3 is 2.81 bits per heavy atom. The topological polar surface area (TPSA) is 78.0 Å². The molecule has 1 atom stereocenters. The summed E-state index contributed by atoms with van der Waals surface area (Å²) in [7, 11) is -2.87. The van der Waals surface area contributed by atoms with Crippen molar-refractivity contribution in [1.82, 2.24) is 9.78 Å². The summed E-state index contributed by atoms with van der Waals surface area (Å²) in [6.07, 6.45) is 3.73. The maximum absolute atomic E-state index is 11.4. The zero-order valence-electron chi connectivity index (χ0n) is 9.02. The van der Waals surface area contributed by atoms with Crippen molar-refractivity contribution in [1.29, 1.82) is 0 Å². The summed E-state index contributed by atoms with van der Waals surface area (Å²) in [6.45, 7) is 0. The summed E-state index contributed by atoms with van der Waals surface area (Å²) < 4.78 is 24.6. The lowest BCUT2D eigenvalue weighted by Gasteiger charge is -2.11. The van der Waals surface area contributed by atoms with Crippen molar-refractivity contribution in [2.75, 3.05) is 17.2 Å². The number of hydrogen-bond donors (Lipinski definition) is 1. The van der Waals surface area contributed by atoms with Crippen molar-refractivity contribution < 1.29 is 8.42 Å². The SMILES string of the molecule is Nc1c2c(nn1[C@@H]1CCS(=O)(=O)C1)CCC2. The number of nitrogen functional groups attached to an aromatic ring is 1. The van der Waals surface area contributed by atoms with Gasteiger partial charge in [-0.05, 0) is 25.7 Å². The quantitative estimate of drug-likeness (QED) is 0.767. The number of nitrogens with two attached hydrogens (primary N) is 1. The van der Waals surface area contributed by atoms with Gasteiger partial charge in [0.2, 0.25) is 0 Å². The van der Waals surface area contributed by atoms with Crippen molar-refractivity contribution in [3.05, 3.63) is 11.3 Å². The fraction of sp³-hybridized carbons (Fsp3) is 0.700. The van der Waals surface area contributed by atoms with Crippen LogP contribution >= 0.6 is 0 Å². The summed E-state index contributed by atoms with van der Waals surface area (Å²) >= 11 is 0. The van der Waals surface area contributed by atoms with Crippen LogP contribution in [0.1, 0.15) is 30.1 Å². The third-order valence-electron chi connectivity index (χ3n) is 3.53. The number of aryl methyl sites for hydroxylation is 1. The van der Waals surface area contributed by atoms with E-state index in [0.717, 1.165) is 30.5 Å². The zero-order valence-corrected chi connectivity index (χ0v) is 9.83. The second-order valence-corrected chi connectivity index (χ2v) is 6.89. The van der Waals surface area contributed by atoms with Crippen molar-refractivity contribution in [2.24, 2.45) is 0 Å². The molecular formula is C10H15N3O2S. The Morgan fingerprint density at radius 1 is 1.38 bits per heavy atom. The van der Waals surface area contributed by atoms with Crippen molar-refractivity contribution in [2.45, 2.75) is 31.7 Å². The van der Waals surface area contributed by atoms with Crippen LogP contribution in [0, 0.1) is 0 Å². The molecule has 3 rings (SSSR count). The average Bonchev–Trinajstić information content (AvgIpc) is 2.84. The van der Waals surface area contributed by atoms with Crippen LogP contribution in [-0.2, 0) is 22.7 Å². The molecule has 1 saturated heterocycles. The second kappa shape index (κ2) is 3.23. The molecule has 1 aromatic rings. The van der Waals surface area contributed by atoms with Crippen molar-refractivity contribution in [3.63, 3.8) is 0 Å². The van der Waals surface area contributed by atoms with Crippen LogP contribution in [0.4, 0.5) is 5.82 Å². The molecule has 2 aliphatic rings. The summed E-state index contributed by atoms with van der Waals surface area (Å²) in [6, 6.07) is -0.0457. The Bertz CT molecular complexity index is 533. The molecule has 0 unspecified atom stereocenters. The standard InChI is InChI=1S/C10H15N3O2S/c11-10-8-2-1-3-9(8)12-13(10)7-4-5-16(14,15)6-7/h7H,1-6,11H2/t7-/m1/s1. The van der Waals surface area contributed by atoms with Gasteiger partial charge in [0.25, 0.3) is 0 Å². The predicted octanol–water partition coefficient (Wildman–Crippen LogP) is 0.314. The molecule has 0 bridgehead atoms. The van der Waals surface area contributed by atoms with Crippen LogP contribution in [0.3, 0.4) is 0 Å². The van der Waals surface area contributed by atoms with E-state index in [1.807, 2.05) is 0 Å². The fourth-order valence-electron chi connectivity index (χ4n) is 2.68. The molecule has 6 heteroatoms. The van der Waals surface area contributed by atoms with E-state index in [9.17, 15) is 8.42 Å². The molecule has 1 fully saturated rings. The number of aromatic nitrogens is 2. The minimum atomic E-state index is -2.87. The number of sulfone groups is 1. The van der Waals surface area contributed by atoms with Crippen molar-refractivity contribution >= 4 is 15.7 Å². The summed E-state index contributed by atoms with van der Waals surface area (Å²) in [5.74, 6) is 1.15. The first-order chi connectivity index (χ1) is 7.57. The summed E-state index contributed by atoms with van der Waals surface area (Å²) in [4.78, 5) is 0. The molecule has 2 heterocycles. The maximum Gasteiger partial charge on any atom is 0.152 e. The van der Waals surface area contributed by atoms with Gasteiger partial charge in [0, 0.05) is 5.56 Å². The van der Waals surface area contributed by atoms with E-state index in [-0.39, 0.29) is 17.5 Å². The predicted molar refractivity (Wildman–Crippen MR) is 61.0 cm³/mol. The lowest BCUT2D eigenvalue weighted by atomic mass is 10.2. The highest BCUT2D eigenvalue weighted by atomic mass is 32.2. The molecule has 5 nitrogen and oxygen atoms in total. The Hall–Kier alpha value is -1.04. The molecule has 16 heavy (non-hydrogen) atoms. The van der Waals surface area contributed by atoms with Crippen LogP contribution in [0.5, 0.6) is 0 Å². The van der Waals surface area contributed by atoms with E-state index in [1.165, 1.54) is 0 Å². The Morgan fingerprint density at radius 2 is 2.19 bits per heavy atom. The number of anilines is 1. The fourth-order valence-corrected chi connectivity index (χ4v) is 4.37. The van der Waals surface area contributed by atoms with Crippen LogP contribution < -0.4 is 5.73 Å². The highest BCUT2D eigenvalue weighted by molar-refractivity contribution is 7.91. The van der Waals surface area contributed by atoms with Gasteiger partial charge < -0.3 is 5.73 Å². The van der Waals surface area contributed by atoms with E-state index in [0.29, 0.717) is 12.2 Å². The molecular weight excluding hydrogens is 226 g/mol. The molecule has 0 amide bonds. The maximum atomic E-state index is 11.4. The lowest BCUT2D eigenvalue weighted by molar-refractivity contribution is 0.500. The van der Waals surface area contributed by atoms with E-state index >= 15 is 0 Å². The van der Waals surface area contributed by atoms with Gasteiger partial charge in [-0.15, -0.1) is 0 Å². The Balaban J connectivity index is 1.97. The molecule has 88 valence electrons. The first-order valence-electron chi connectivity index (χ1n) is 5.63. The van der Waals surface area contributed by atoms with Crippen LogP contribution in [0.2, 0.25) is 0 Å². The zero-order chi connectivity index (χ0) is 11.3. The number of rotatable bonds is 1. The molecule has 0 radical (unpaired) electrons. The van der Waals surface area contributed by atoms with Gasteiger partial charge in [0.15, 0.2) is 9.84 Å². The normalized spacial score (nSPS) is 27.1. The molecule has 1 aliphatic heterocycles. The molecule has 1 aliphatic carbocycles. The third-order valence-corrected chi connectivity index (χ3v) is 5.28. The van der Waals surface area contributed by atoms with Gasteiger partial charge in [-0.3, -0.25) is 0 Å². The van der Waals surface area contributed by atoms with Gasteiger partial charge >= 0.3 is 0 Å². The van der Waals surface area contributed by atoms with E-state index in [1.54, 1.807) is 4.68 Å². The Labute approximate surface area is 94.5 Å². The number of nitrogens with zero attached hydrogens (tertiary/aromatic N) is 2. The largest absolute Gasteiger partial charge is 0.384 e. The summed E-state index contributed by atoms with van der Waals surface area (Å²) in [5.41, 5.74) is 8.24. The van der Waals surface area contributed by atoms with Crippen molar-refractivity contribution in [3.8, 4) is 0 Å². The Kier molecular flexibility index (Phi) is 2.04. The highest BCUT2D eigenvalue weighted by Gasteiger charge is 2.32. The monoisotopic (exact) mass is 241 g/mol. The first kappa shape index (κ1) is 10.1. The third kappa shape index (κ3) is 1.43. The van der Waals surface area contributed by atoms with Crippen LogP contribution in [-0.4, -0.2) is 29.7 Å². The molecule has 0 spiro atoms. The van der Waals surface area contributed by atoms with Gasteiger partial charge in [0.05, 0.1) is 23.2 Å². The van der Waals surface area contributed by atoms with E-state index in [2.05, 4.69) is 5.10 Å². The van der Waals surface area contributed by atoms with Gasteiger partial charge in [-0.1, -0.05) is 0 Å². The molecule has 0 saturated carbocycles. The minimum absolute atomic E-state index is 0.0457. The number of fused-ring (bicyclic) bond motifs is 1.